The molecule has 3 aliphatic rings. The van der Waals surface area contributed by atoms with Gasteiger partial charge in [-0.15, -0.1) is 0 Å². The highest BCUT2D eigenvalue weighted by atomic mass is 19.3. The number of nitrogens with one attached hydrogen (secondary N) is 1. The van der Waals surface area contributed by atoms with E-state index >= 15 is 0 Å². The van der Waals surface area contributed by atoms with Crippen LogP contribution in [0.25, 0.3) is 5.57 Å². The summed E-state index contributed by atoms with van der Waals surface area (Å²) >= 11 is 0. The van der Waals surface area contributed by atoms with Crippen molar-refractivity contribution in [1.82, 2.24) is 0 Å². The third-order valence-electron chi connectivity index (χ3n) is 7.87. The van der Waals surface area contributed by atoms with Gasteiger partial charge in [0, 0.05) is 29.7 Å². The lowest BCUT2D eigenvalue weighted by Gasteiger charge is -2.34. The van der Waals surface area contributed by atoms with Crippen LogP contribution >= 0.6 is 0 Å². The molecule has 0 saturated heterocycles. The number of alkyl halides is 2. The first kappa shape index (κ1) is 28.4. The molecule has 214 valence electrons. The van der Waals surface area contributed by atoms with Crippen molar-refractivity contribution in [1.29, 1.82) is 0 Å². The van der Waals surface area contributed by atoms with Crippen LogP contribution in [0.15, 0.2) is 77.4 Å². The Hall–Kier alpha value is -4.11. The number of ether oxygens (including phenoxy) is 1. The van der Waals surface area contributed by atoms with Crippen LogP contribution in [0, 0.1) is 11.8 Å². The van der Waals surface area contributed by atoms with E-state index in [1.807, 2.05) is 18.2 Å². The quantitative estimate of drug-likeness (QED) is 0.410. The van der Waals surface area contributed by atoms with Crippen molar-refractivity contribution in [3.8, 4) is 5.75 Å². The van der Waals surface area contributed by atoms with Crippen molar-refractivity contribution in [2.24, 2.45) is 16.9 Å². The smallest absolute Gasteiger partial charge is 0.270 e. The minimum atomic E-state index is -3.07. The van der Waals surface area contributed by atoms with Crippen LogP contribution in [0.5, 0.6) is 5.75 Å². The molecule has 2 aromatic rings. The molecular formula is C32H33F2N3O4. The number of carbonyl (C=O) groups is 2. The normalized spacial score (nSPS) is 26.0. The van der Waals surface area contributed by atoms with Crippen LogP contribution < -0.4 is 15.1 Å². The Morgan fingerprint density at radius 1 is 1.20 bits per heavy atom. The summed E-state index contributed by atoms with van der Waals surface area (Å²) in [7, 11) is 1.57. The van der Waals surface area contributed by atoms with Gasteiger partial charge in [0.25, 0.3) is 11.8 Å². The van der Waals surface area contributed by atoms with Crippen molar-refractivity contribution < 1.29 is 28.2 Å². The minimum absolute atomic E-state index is 0.169. The van der Waals surface area contributed by atoms with E-state index in [2.05, 4.69) is 16.5 Å². The molecule has 7 nitrogen and oxygen atoms in total. The molecule has 0 spiro atoms. The molecule has 3 atom stereocenters. The number of anilines is 2. The van der Waals surface area contributed by atoms with Gasteiger partial charge in [0.05, 0.1) is 24.6 Å². The Morgan fingerprint density at radius 3 is 2.71 bits per heavy atom. The zero-order chi connectivity index (χ0) is 29.3. The zero-order valence-corrected chi connectivity index (χ0v) is 23.2. The van der Waals surface area contributed by atoms with Crippen LogP contribution in [-0.2, 0) is 15.5 Å². The molecule has 0 radical (unpaired) electrons. The van der Waals surface area contributed by atoms with Gasteiger partial charge < -0.3 is 15.2 Å². The number of halogens is 2. The van der Waals surface area contributed by atoms with E-state index in [4.69, 9.17) is 4.74 Å². The number of aliphatic hydroxyl groups excluding tert-OH is 1. The van der Waals surface area contributed by atoms with Crippen LogP contribution in [0.3, 0.4) is 0 Å². The fourth-order valence-electron chi connectivity index (χ4n) is 5.47. The molecule has 1 saturated carbocycles. The molecule has 9 heteroatoms. The van der Waals surface area contributed by atoms with Gasteiger partial charge in [-0.2, -0.15) is 10.1 Å². The molecule has 1 heterocycles. The second kappa shape index (κ2) is 11.4. The van der Waals surface area contributed by atoms with Gasteiger partial charge in [-0.1, -0.05) is 42.0 Å². The third kappa shape index (κ3) is 5.86. The molecule has 2 aliphatic carbocycles. The van der Waals surface area contributed by atoms with Crippen LogP contribution in [0.2, 0.25) is 0 Å². The van der Waals surface area contributed by atoms with Crippen molar-refractivity contribution >= 4 is 34.5 Å². The number of hydrogen-bond donors (Lipinski definition) is 2. The molecule has 1 aliphatic heterocycles. The summed E-state index contributed by atoms with van der Waals surface area (Å²) in [6, 6.07) is 10.6. The number of amides is 2. The molecule has 1 fully saturated rings. The highest BCUT2D eigenvalue weighted by molar-refractivity contribution is 6.28. The Labute approximate surface area is 237 Å². The van der Waals surface area contributed by atoms with E-state index in [1.165, 1.54) is 34.8 Å². The van der Waals surface area contributed by atoms with Gasteiger partial charge in [-0.25, -0.2) is 8.78 Å². The molecule has 2 amide bonds. The minimum Gasteiger partial charge on any atom is -0.496 e. The van der Waals surface area contributed by atoms with Gasteiger partial charge in [-0.05, 0) is 68.5 Å². The largest absolute Gasteiger partial charge is 0.496 e. The summed E-state index contributed by atoms with van der Waals surface area (Å²) in [5.74, 6) is -4.64. The summed E-state index contributed by atoms with van der Waals surface area (Å²) in [4.78, 5) is 26.6. The first-order valence-corrected chi connectivity index (χ1v) is 13.7. The summed E-state index contributed by atoms with van der Waals surface area (Å²) in [5, 5.41) is 18.7. The topological polar surface area (TPSA) is 91.2 Å². The number of fused-ring (bicyclic) bond motifs is 1. The first-order valence-electron chi connectivity index (χ1n) is 13.7. The number of benzene rings is 2. The molecule has 2 aromatic carbocycles. The van der Waals surface area contributed by atoms with E-state index in [0.29, 0.717) is 24.3 Å². The number of hydrogen-bond acceptors (Lipinski definition) is 5. The summed E-state index contributed by atoms with van der Waals surface area (Å²) in [6.07, 6.45) is 11.0. The zero-order valence-electron chi connectivity index (χ0n) is 23.2. The molecule has 3 unspecified atom stereocenters. The molecule has 41 heavy (non-hydrogen) atoms. The fraction of sp³-hybridized carbons (Fsp3) is 0.344. The molecule has 0 bridgehead atoms. The number of allylic oxidation sites excluding steroid dienone is 5. The average molecular weight is 562 g/mol. The maximum Gasteiger partial charge on any atom is 0.270 e. The number of rotatable bonds is 6. The third-order valence-corrected chi connectivity index (χ3v) is 7.87. The maximum absolute atomic E-state index is 13.8. The van der Waals surface area contributed by atoms with Crippen molar-refractivity contribution in [2.45, 2.75) is 51.6 Å². The molecule has 5 rings (SSSR count). The molecule has 0 aromatic heterocycles. The lowest BCUT2D eigenvalue weighted by atomic mass is 9.74. The lowest BCUT2D eigenvalue weighted by molar-refractivity contribution is -0.127. The SMILES string of the molecule is COc1ccc(N2N=C(C)C(C(=O)Nc3cccc(C(C)(F)F)c3)C2=O)cc1C1=C/CCC(O)C2CC/C2=C/C=C\1. The Morgan fingerprint density at radius 2 is 2.00 bits per heavy atom. The van der Waals surface area contributed by atoms with E-state index in [9.17, 15) is 23.5 Å². The van der Waals surface area contributed by atoms with Gasteiger partial charge in [0.1, 0.15) is 5.75 Å². The van der Waals surface area contributed by atoms with Gasteiger partial charge in [0.2, 0.25) is 5.91 Å². The van der Waals surface area contributed by atoms with Crippen LogP contribution in [-0.4, -0.2) is 35.8 Å². The Balaban J connectivity index is 1.39. The number of methoxy groups -OCH3 is 1. The van der Waals surface area contributed by atoms with E-state index in [0.717, 1.165) is 30.9 Å². The van der Waals surface area contributed by atoms with Crippen molar-refractivity contribution in [3.05, 3.63) is 83.5 Å². The van der Waals surface area contributed by atoms with E-state index < -0.39 is 23.7 Å². The summed E-state index contributed by atoms with van der Waals surface area (Å²) < 4.78 is 33.2. The van der Waals surface area contributed by atoms with Gasteiger partial charge in [-0.3, -0.25) is 9.59 Å². The number of aliphatic hydroxyl groups is 1. The summed E-state index contributed by atoms with van der Waals surface area (Å²) in [6.45, 7) is 2.37. The van der Waals surface area contributed by atoms with Crippen LogP contribution in [0.4, 0.5) is 20.2 Å². The number of nitrogens with zero attached hydrogens (tertiary/aromatic N) is 2. The second-order valence-corrected chi connectivity index (χ2v) is 10.7. The molecule has 2 N–H and O–H groups in total. The van der Waals surface area contributed by atoms with Crippen molar-refractivity contribution in [3.63, 3.8) is 0 Å². The van der Waals surface area contributed by atoms with E-state index in [-0.39, 0.29) is 29.0 Å². The number of carbonyl (C=O) groups excluding carboxylic acids is 2. The number of hydrazone groups is 1. The van der Waals surface area contributed by atoms with Crippen molar-refractivity contribution in [2.75, 3.05) is 17.4 Å². The van der Waals surface area contributed by atoms with E-state index in [1.54, 1.807) is 32.2 Å². The Bertz CT molecular complexity index is 1490. The fourth-order valence-corrected chi connectivity index (χ4v) is 5.47. The standard InChI is InChI=1S/C32H33F2N3O4/c1-19-29(30(39)35-23-11-6-10-22(17-23)32(2,33)34)31(40)37(36-19)24-14-16-28(41-3)26(18-24)20-7-4-8-21-13-15-25(21)27(38)12-5-9-20/h4,6-11,14,16-18,25,27,29,38H,5,12-13,15H2,1-3H3,(H,35,39)/b7-4-,20-9+,21-8-. The predicted molar refractivity (Wildman–Crippen MR) is 155 cm³/mol. The van der Waals surface area contributed by atoms with Gasteiger partial charge >= 0.3 is 0 Å². The summed E-state index contributed by atoms with van der Waals surface area (Å²) in [5.41, 5.74) is 3.54. The maximum atomic E-state index is 13.8. The first-order chi connectivity index (χ1) is 19.6. The second-order valence-electron chi connectivity index (χ2n) is 10.7. The highest BCUT2D eigenvalue weighted by Gasteiger charge is 2.40. The Kier molecular flexibility index (Phi) is 7.91. The monoisotopic (exact) mass is 561 g/mol. The van der Waals surface area contributed by atoms with Crippen LogP contribution in [0.1, 0.15) is 50.7 Å². The average Bonchev–Trinajstić information content (AvgIpc) is 3.21. The lowest BCUT2D eigenvalue weighted by Crippen LogP contribution is -2.36. The molecular weight excluding hydrogens is 528 g/mol. The predicted octanol–water partition coefficient (Wildman–Crippen LogP) is 6.22. The van der Waals surface area contributed by atoms with Gasteiger partial charge in [0.15, 0.2) is 5.92 Å². The highest BCUT2D eigenvalue weighted by Crippen LogP contribution is 2.39.